The van der Waals surface area contributed by atoms with E-state index in [1.165, 1.54) is 26.0 Å². The average Bonchev–Trinajstić information content (AvgIpc) is 2.46. The smallest absolute Gasteiger partial charge is 0.339 e. The van der Waals surface area contributed by atoms with Crippen molar-refractivity contribution in [3.8, 4) is 0 Å². The minimum absolute atomic E-state index is 0.0583. The largest absolute Gasteiger partial charge is 0.457 e. The molecule has 1 aromatic carbocycles. The van der Waals surface area contributed by atoms with Gasteiger partial charge in [-0.05, 0) is 26.0 Å². The summed E-state index contributed by atoms with van der Waals surface area (Å²) in [6, 6.07) is 6.05. The maximum atomic E-state index is 11.9. The number of hydrogen-bond acceptors (Lipinski definition) is 6. The van der Waals surface area contributed by atoms with Gasteiger partial charge in [-0.3, -0.25) is 0 Å². The van der Waals surface area contributed by atoms with Crippen LogP contribution in [0.2, 0.25) is 0 Å². The minimum atomic E-state index is -0.712. The molecule has 0 fully saturated rings. The molecule has 0 aliphatic rings. The van der Waals surface area contributed by atoms with Crippen LogP contribution in [0.15, 0.2) is 24.3 Å². The number of rotatable bonds is 6. The highest BCUT2D eigenvalue weighted by molar-refractivity contribution is 6.03. The van der Waals surface area contributed by atoms with Crippen molar-refractivity contribution in [1.82, 2.24) is 0 Å². The Balaban J connectivity index is 2.93. The minimum Gasteiger partial charge on any atom is -0.457 e. The van der Waals surface area contributed by atoms with Crippen LogP contribution >= 0.6 is 0 Å². The lowest BCUT2D eigenvalue weighted by Gasteiger charge is -2.14. The van der Waals surface area contributed by atoms with Gasteiger partial charge in [-0.2, -0.15) is 0 Å². The van der Waals surface area contributed by atoms with Crippen molar-refractivity contribution in [3.05, 3.63) is 35.4 Å². The van der Waals surface area contributed by atoms with Crippen LogP contribution in [-0.4, -0.2) is 47.6 Å². The first-order chi connectivity index (χ1) is 9.49. The fourth-order valence-corrected chi connectivity index (χ4v) is 1.41. The zero-order valence-corrected chi connectivity index (χ0v) is 11.4. The van der Waals surface area contributed by atoms with E-state index in [2.05, 4.69) is 0 Å². The molecule has 0 heterocycles. The molecule has 0 radical (unpaired) electrons. The Morgan fingerprint density at radius 3 is 1.60 bits per heavy atom. The van der Waals surface area contributed by atoms with Crippen LogP contribution in [0, 0.1) is 0 Å². The molecular weight excluding hydrogens is 264 g/mol. The molecule has 2 N–H and O–H groups in total. The summed E-state index contributed by atoms with van der Waals surface area (Å²) in [7, 11) is 0. The Labute approximate surface area is 116 Å². The monoisotopic (exact) mass is 282 g/mol. The molecule has 0 aromatic heterocycles. The summed E-state index contributed by atoms with van der Waals surface area (Å²) in [4.78, 5) is 23.8. The van der Waals surface area contributed by atoms with Gasteiger partial charge in [0.05, 0.1) is 24.3 Å². The number of aliphatic hydroxyl groups is 2. The van der Waals surface area contributed by atoms with Crippen LogP contribution in [0.3, 0.4) is 0 Å². The van der Waals surface area contributed by atoms with E-state index in [-0.39, 0.29) is 24.3 Å². The van der Waals surface area contributed by atoms with E-state index in [1.54, 1.807) is 12.1 Å². The second-order valence-corrected chi connectivity index (χ2v) is 4.34. The maximum absolute atomic E-state index is 11.9. The summed E-state index contributed by atoms with van der Waals surface area (Å²) in [6.07, 6.45) is -1.33. The zero-order chi connectivity index (χ0) is 15.1. The highest BCUT2D eigenvalue weighted by Gasteiger charge is 2.21. The first-order valence-electron chi connectivity index (χ1n) is 6.22. The maximum Gasteiger partial charge on any atom is 0.339 e. The molecule has 0 amide bonds. The van der Waals surface area contributed by atoms with E-state index >= 15 is 0 Å². The topological polar surface area (TPSA) is 93.1 Å². The molecule has 2 unspecified atom stereocenters. The summed E-state index contributed by atoms with van der Waals surface area (Å²) >= 11 is 0. The van der Waals surface area contributed by atoms with Gasteiger partial charge in [0, 0.05) is 0 Å². The summed E-state index contributed by atoms with van der Waals surface area (Å²) in [5, 5.41) is 17.7. The fourth-order valence-electron chi connectivity index (χ4n) is 1.41. The van der Waals surface area contributed by atoms with Crippen molar-refractivity contribution >= 4 is 11.9 Å². The average molecular weight is 282 g/mol. The van der Waals surface area contributed by atoms with Crippen LogP contribution in [0.4, 0.5) is 0 Å². The lowest BCUT2D eigenvalue weighted by Crippen LogP contribution is -2.23. The zero-order valence-electron chi connectivity index (χ0n) is 11.4. The summed E-state index contributed by atoms with van der Waals surface area (Å²) < 4.78 is 9.92. The summed E-state index contributed by atoms with van der Waals surface area (Å²) in [6.45, 7) is 2.46. The van der Waals surface area contributed by atoms with Crippen molar-refractivity contribution in [1.29, 1.82) is 0 Å². The van der Waals surface area contributed by atoms with Crippen LogP contribution in [0.5, 0.6) is 0 Å². The predicted molar refractivity (Wildman–Crippen MR) is 70.4 cm³/mol. The molecule has 0 aliphatic carbocycles. The summed E-state index contributed by atoms with van der Waals surface area (Å²) in [5.41, 5.74) is 0.117. The quantitative estimate of drug-likeness (QED) is 0.748. The number of esters is 2. The number of ether oxygens (including phenoxy) is 2. The first-order valence-corrected chi connectivity index (χ1v) is 6.22. The molecule has 110 valence electrons. The van der Waals surface area contributed by atoms with Crippen molar-refractivity contribution in [2.75, 3.05) is 13.2 Å². The number of benzene rings is 1. The van der Waals surface area contributed by atoms with Gasteiger partial charge in [0.25, 0.3) is 0 Å². The predicted octanol–water partition coefficient (Wildman–Crippen LogP) is 0.762. The number of carbonyl (C=O) groups excluding carboxylic acids is 2. The third-order valence-corrected chi connectivity index (χ3v) is 2.50. The summed E-state index contributed by atoms with van der Waals surface area (Å²) in [5.74, 6) is -1.42. The van der Waals surface area contributed by atoms with Crippen LogP contribution in [-0.2, 0) is 9.47 Å². The molecular formula is C14H18O6. The Morgan fingerprint density at radius 1 is 0.950 bits per heavy atom. The molecule has 0 saturated heterocycles. The van der Waals surface area contributed by atoms with E-state index < -0.39 is 24.1 Å². The lowest BCUT2D eigenvalue weighted by molar-refractivity contribution is 0.0153. The number of hydrogen-bond donors (Lipinski definition) is 2. The third-order valence-electron chi connectivity index (χ3n) is 2.50. The molecule has 0 bridgehead atoms. The first kappa shape index (κ1) is 16.1. The second-order valence-electron chi connectivity index (χ2n) is 4.34. The second kappa shape index (κ2) is 7.62. The SMILES string of the molecule is CC(CO)OC(=O)c1ccccc1C(=O)OC(C)CO. The van der Waals surface area contributed by atoms with Gasteiger partial charge in [-0.25, -0.2) is 9.59 Å². The van der Waals surface area contributed by atoms with Crippen LogP contribution in [0.25, 0.3) is 0 Å². The van der Waals surface area contributed by atoms with Gasteiger partial charge in [-0.15, -0.1) is 0 Å². The molecule has 2 atom stereocenters. The van der Waals surface area contributed by atoms with Crippen molar-refractivity contribution in [3.63, 3.8) is 0 Å². The third kappa shape index (κ3) is 4.32. The standard InChI is InChI=1S/C14H18O6/c1-9(7-15)19-13(17)11-5-3-4-6-12(11)14(18)20-10(2)8-16/h3-6,9-10,15-16H,7-8H2,1-2H3. The molecule has 6 nitrogen and oxygen atoms in total. The van der Waals surface area contributed by atoms with Crippen LogP contribution in [0.1, 0.15) is 34.6 Å². The van der Waals surface area contributed by atoms with Crippen molar-refractivity contribution in [2.24, 2.45) is 0 Å². The molecule has 1 aromatic rings. The van der Waals surface area contributed by atoms with Crippen molar-refractivity contribution < 1.29 is 29.3 Å². The molecule has 0 saturated carbocycles. The lowest BCUT2D eigenvalue weighted by atomic mass is 10.1. The van der Waals surface area contributed by atoms with Gasteiger partial charge in [0.2, 0.25) is 0 Å². The van der Waals surface area contributed by atoms with E-state index in [1.807, 2.05) is 0 Å². The molecule has 0 aliphatic heterocycles. The Kier molecular flexibility index (Phi) is 6.14. The normalized spacial score (nSPS) is 13.4. The molecule has 6 heteroatoms. The molecule has 20 heavy (non-hydrogen) atoms. The Bertz CT molecular complexity index is 427. The Morgan fingerprint density at radius 2 is 1.30 bits per heavy atom. The molecule has 1 rings (SSSR count). The van der Waals surface area contributed by atoms with Gasteiger partial charge < -0.3 is 19.7 Å². The van der Waals surface area contributed by atoms with Gasteiger partial charge >= 0.3 is 11.9 Å². The van der Waals surface area contributed by atoms with Crippen LogP contribution < -0.4 is 0 Å². The van der Waals surface area contributed by atoms with E-state index in [0.29, 0.717) is 0 Å². The van der Waals surface area contributed by atoms with Gasteiger partial charge in [0.15, 0.2) is 0 Å². The Hall–Kier alpha value is -1.92. The fraction of sp³-hybridized carbons (Fsp3) is 0.429. The van der Waals surface area contributed by atoms with E-state index in [4.69, 9.17) is 19.7 Å². The molecule has 0 spiro atoms. The van der Waals surface area contributed by atoms with E-state index in [0.717, 1.165) is 0 Å². The highest BCUT2D eigenvalue weighted by Crippen LogP contribution is 2.13. The van der Waals surface area contributed by atoms with Crippen molar-refractivity contribution in [2.45, 2.75) is 26.1 Å². The van der Waals surface area contributed by atoms with Gasteiger partial charge in [0.1, 0.15) is 12.2 Å². The number of aliphatic hydroxyl groups excluding tert-OH is 2. The van der Waals surface area contributed by atoms with E-state index in [9.17, 15) is 9.59 Å². The number of carbonyl (C=O) groups is 2. The highest BCUT2D eigenvalue weighted by atomic mass is 16.6. The van der Waals surface area contributed by atoms with Gasteiger partial charge in [-0.1, -0.05) is 12.1 Å².